The molecule has 0 saturated carbocycles. The van der Waals surface area contributed by atoms with Crippen LogP contribution in [0.1, 0.15) is 17.4 Å². The number of hydrogen-bond acceptors (Lipinski definition) is 3. The van der Waals surface area contributed by atoms with Gasteiger partial charge >= 0.3 is 5.97 Å². The van der Waals surface area contributed by atoms with Gasteiger partial charge in [0, 0.05) is 6.20 Å². The molecule has 78 valence electrons. The summed E-state index contributed by atoms with van der Waals surface area (Å²) in [6.45, 7) is 2.10. The number of fused-ring (bicyclic) bond motifs is 1. The first-order valence-electron chi connectivity index (χ1n) is 4.51. The predicted octanol–water partition coefficient (Wildman–Crippen LogP) is 2.16. The molecule has 4 nitrogen and oxygen atoms in total. The summed E-state index contributed by atoms with van der Waals surface area (Å²) >= 11 is 5.81. The third-order valence-electron chi connectivity index (χ3n) is 1.94. The Morgan fingerprint density at radius 2 is 2.40 bits per heavy atom. The minimum Gasteiger partial charge on any atom is -0.461 e. The summed E-state index contributed by atoms with van der Waals surface area (Å²) in [5, 5.41) is 0.609. The molecule has 0 aliphatic rings. The molecule has 2 heterocycles. The molecule has 0 radical (unpaired) electrons. The van der Waals surface area contributed by atoms with Crippen LogP contribution < -0.4 is 0 Å². The number of halogens is 1. The van der Waals surface area contributed by atoms with Crippen molar-refractivity contribution in [2.24, 2.45) is 0 Å². The molecule has 0 aromatic carbocycles. The third kappa shape index (κ3) is 1.94. The topological polar surface area (TPSA) is 43.6 Å². The fraction of sp³-hybridized carbons (Fsp3) is 0.200. The number of esters is 1. The van der Waals surface area contributed by atoms with Crippen LogP contribution in [0.5, 0.6) is 0 Å². The molecule has 5 heteroatoms. The van der Waals surface area contributed by atoms with Crippen molar-refractivity contribution in [3.63, 3.8) is 0 Å². The standard InChI is InChI=1S/C10H9ClN2O2/c1-2-15-10(14)9-4-8-3-7(11)5-13(8)6-12-9/h3-6H,2H2,1H3. The number of ether oxygens (including phenoxy) is 1. The van der Waals surface area contributed by atoms with E-state index in [9.17, 15) is 4.79 Å². The molecule has 0 aliphatic heterocycles. The zero-order valence-corrected chi connectivity index (χ0v) is 8.86. The summed E-state index contributed by atoms with van der Waals surface area (Å²) in [6, 6.07) is 3.40. The van der Waals surface area contributed by atoms with Gasteiger partial charge in [0.25, 0.3) is 0 Å². The molecule has 0 atom stereocenters. The van der Waals surface area contributed by atoms with Gasteiger partial charge in [0.2, 0.25) is 0 Å². The minimum atomic E-state index is -0.419. The van der Waals surface area contributed by atoms with Crippen LogP contribution in [-0.2, 0) is 4.74 Å². The molecule has 0 saturated heterocycles. The molecule has 2 aromatic heterocycles. The van der Waals surface area contributed by atoms with Gasteiger partial charge in [-0.3, -0.25) is 0 Å². The Labute approximate surface area is 91.4 Å². The lowest BCUT2D eigenvalue weighted by Crippen LogP contribution is -2.07. The van der Waals surface area contributed by atoms with E-state index in [-0.39, 0.29) is 0 Å². The van der Waals surface area contributed by atoms with Crippen LogP contribution in [0.25, 0.3) is 5.52 Å². The number of hydrogen-bond donors (Lipinski definition) is 0. The SMILES string of the molecule is CCOC(=O)c1cc2cc(Cl)cn2cn1. The quantitative estimate of drug-likeness (QED) is 0.735. The summed E-state index contributed by atoms with van der Waals surface area (Å²) in [7, 11) is 0. The Balaban J connectivity index is 2.41. The highest BCUT2D eigenvalue weighted by Crippen LogP contribution is 2.15. The van der Waals surface area contributed by atoms with Gasteiger partial charge in [-0.2, -0.15) is 0 Å². The minimum absolute atomic E-state index is 0.291. The summed E-state index contributed by atoms with van der Waals surface area (Å²) in [5.41, 5.74) is 1.11. The Bertz CT molecular complexity index is 507. The highest BCUT2D eigenvalue weighted by molar-refractivity contribution is 6.31. The monoisotopic (exact) mass is 224 g/mol. The van der Waals surface area contributed by atoms with Gasteiger partial charge in [-0.25, -0.2) is 9.78 Å². The van der Waals surface area contributed by atoms with E-state index in [1.54, 1.807) is 29.7 Å². The Kier molecular flexibility index (Phi) is 2.60. The first kappa shape index (κ1) is 9.98. The number of carbonyl (C=O) groups is 1. The van der Waals surface area contributed by atoms with Gasteiger partial charge in [0.05, 0.1) is 17.1 Å². The third-order valence-corrected chi connectivity index (χ3v) is 2.14. The zero-order valence-electron chi connectivity index (χ0n) is 8.11. The fourth-order valence-corrected chi connectivity index (χ4v) is 1.51. The van der Waals surface area contributed by atoms with Crippen molar-refractivity contribution >= 4 is 23.1 Å². The van der Waals surface area contributed by atoms with Crippen LogP contribution >= 0.6 is 11.6 Å². The van der Waals surface area contributed by atoms with Gasteiger partial charge in [-0.1, -0.05) is 11.6 Å². The van der Waals surface area contributed by atoms with Crippen molar-refractivity contribution in [2.75, 3.05) is 6.61 Å². The van der Waals surface area contributed by atoms with E-state index in [0.29, 0.717) is 17.3 Å². The van der Waals surface area contributed by atoms with Gasteiger partial charge in [-0.05, 0) is 19.1 Å². The molecule has 15 heavy (non-hydrogen) atoms. The molecular weight excluding hydrogens is 216 g/mol. The normalized spacial score (nSPS) is 10.5. The largest absolute Gasteiger partial charge is 0.461 e. The van der Waals surface area contributed by atoms with E-state index in [4.69, 9.17) is 16.3 Å². The van der Waals surface area contributed by atoms with Crippen molar-refractivity contribution in [1.82, 2.24) is 9.38 Å². The van der Waals surface area contributed by atoms with Crippen LogP contribution in [-0.4, -0.2) is 22.0 Å². The van der Waals surface area contributed by atoms with E-state index in [1.807, 2.05) is 0 Å². The van der Waals surface area contributed by atoms with Crippen molar-refractivity contribution in [2.45, 2.75) is 6.92 Å². The van der Waals surface area contributed by atoms with Gasteiger partial charge in [0.1, 0.15) is 6.33 Å². The molecular formula is C10H9ClN2O2. The fourth-order valence-electron chi connectivity index (χ4n) is 1.30. The Hall–Kier alpha value is -1.55. The van der Waals surface area contributed by atoms with E-state index < -0.39 is 5.97 Å². The number of aromatic nitrogens is 2. The maximum absolute atomic E-state index is 11.4. The first-order valence-corrected chi connectivity index (χ1v) is 4.89. The average molecular weight is 225 g/mol. The molecule has 2 aromatic rings. The number of rotatable bonds is 2. The second-order valence-corrected chi connectivity index (χ2v) is 3.42. The Morgan fingerprint density at radius 1 is 1.60 bits per heavy atom. The van der Waals surface area contributed by atoms with Crippen LogP contribution in [0, 0.1) is 0 Å². The average Bonchev–Trinajstić information content (AvgIpc) is 2.57. The lowest BCUT2D eigenvalue weighted by Gasteiger charge is -2.01. The van der Waals surface area contributed by atoms with Crippen LogP contribution in [0.15, 0.2) is 24.7 Å². The molecule has 0 fully saturated rings. The molecule has 0 bridgehead atoms. The van der Waals surface area contributed by atoms with E-state index in [0.717, 1.165) is 5.52 Å². The second-order valence-electron chi connectivity index (χ2n) is 2.99. The molecule has 2 rings (SSSR count). The number of nitrogens with zero attached hydrogens (tertiary/aromatic N) is 2. The zero-order chi connectivity index (χ0) is 10.8. The highest BCUT2D eigenvalue weighted by Gasteiger charge is 2.09. The predicted molar refractivity (Wildman–Crippen MR) is 56.2 cm³/mol. The van der Waals surface area contributed by atoms with Crippen molar-refractivity contribution in [1.29, 1.82) is 0 Å². The van der Waals surface area contributed by atoms with Crippen LogP contribution in [0.3, 0.4) is 0 Å². The maximum Gasteiger partial charge on any atom is 0.357 e. The summed E-state index contributed by atoms with van der Waals surface area (Å²) < 4.78 is 6.58. The second kappa shape index (κ2) is 3.90. The van der Waals surface area contributed by atoms with Crippen LogP contribution in [0.4, 0.5) is 0 Å². The Morgan fingerprint density at radius 3 is 3.13 bits per heavy atom. The number of carbonyl (C=O) groups excluding carboxylic acids is 1. The van der Waals surface area contributed by atoms with Crippen molar-refractivity contribution in [3.8, 4) is 0 Å². The van der Waals surface area contributed by atoms with Crippen molar-refractivity contribution in [3.05, 3.63) is 35.4 Å². The molecule has 0 unspecified atom stereocenters. The summed E-state index contributed by atoms with van der Waals surface area (Å²) in [5.74, 6) is -0.419. The molecule has 0 amide bonds. The molecule has 0 N–H and O–H groups in total. The summed E-state index contributed by atoms with van der Waals surface area (Å²) in [6.07, 6.45) is 3.26. The lowest BCUT2D eigenvalue weighted by molar-refractivity contribution is 0.0519. The maximum atomic E-state index is 11.4. The highest BCUT2D eigenvalue weighted by atomic mass is 35.5. The van der Waals surface area contributed by atoms with Gasteiger partial charge in [-0.15, -0.1) is 0 Å². The molecule has 0 spiro atoms. The van der Waals surface area contributed by atoms with Gasteiger partial charge in [0.15, 0.2) is 5.69 Å². The van der Waals surface area contributed by atoms with Gasteiger partial charge < -0.3 is 9.14 Å². The summed E-state index contributed by atoms with van der Waals surface area (Å²) in [4.78, 5) is 15.3. The van der Waals surface area contributed by atoms with Crippen molar-refractivity contribution < 1.29 is 9.53 Å². The smallest absolute Gasteiger partial charge is 0.357 e. The van der Waals surface area contributed by atoms with E-state index in [1.165, 1.54) is 6.33 Å². The lowest BCUT2D eigenvalue weighted by atomic mass is 10.3. The molecule has 0 aliphatic carbocycles. The van der Waals surface area contributed by atoms with E-state index >= 15 is 0 Å². The van der Waals surface area contributed by atoms with E-state index in [2.05, 4.69) is 4.98 Å². The van der Waals surface area contributed by atoms with Crippen LogP contribution in [0.2, 0.25) is 5.02 Å². The first-order chi connectivity index (χ1) is 7.20.